The molecule has 2 aliphatic rings. The molecule has 0 spiro atoms. The molecule has 8 nitrogen and oxygen atoms in total. The molecular formula is C28H38N4O4. The highest BCUT2D eigenvalue weighted by molar-refractivity contribution is 5.93. The van der Waals surface area contributed by atoms with Gasteiger partial charge in [-0.2, -0.15) is 0 Å². The van der Waals surface area contributed by atoms with Crippen LogP contribution in [0.5, 0.6) is 11.5 Å². The van der Waals surface area contributed by atoms with Crippen molar-refractivity contribution in [1.29, 1.82) is 0 Å². The van der Waals surface area contributed by atoms with E-state index < -0.39 is 0 Å². The topological polar surface area (TPSA) is 74.4 Å². The van der Waals surface area contributed by atoms with Gasteiger partial charge in [0.25, 0.3) is 0 Å². The van der Waals surface area contributed by atoms with Crippen LogP contribution in [-0.2, 0) is 16.0 Å². The smallest absolute Gasteiger partial charge is 0.238 e. The van der Waals surface area contributed by atoms with Crippen LogP contribution >= 0.6 is 0 Å². The first-order chi connectivity index (χ1) is 17.5. The second-order valence-electron chi connectivity index (χ2n) is 9.45. The number of anilines is 1. The molecule has 1 N–H and O–H groups in total. The fraction of sp³-hybridized carbons (Fsp3) is 0.500. The standard InChI is InChI=1S/C28H38N4O4/c1-4-21-8-5-6-9-24(21)29-27(33)19-30-14-16-31(17-15-30)28(34)20-32-13-7-10-25(32)23-18-22(35-2)11-12-26(23)36-3/h5-6,8-9,11-12,18,25H,4,7,10,13-17,19-20H2,1-3H3,(H,29,33). The van der Waals surface area contributed by atoms with Crippen molar-refractivity contribution in [3.8, 4) is 11.5 Å². The van der Waals surface area contributed by atoms with Crippen molar-refractivity contribution in [2.45, 2.75) is 32.2 Å². The molecule has 0 aromatic heterocycles. The molecule has 1 atom stereocenters. The Bertz CT molecular complexity index is 1050. The number of nitrogens with zero attached hydrogens (tertiary/aromatic N) is 3. The van der Waals surface area contributed by atoms with Crippen molar-refractivity contribution in [3.63, 3.8) is 0 Å². The van der Waals surface area contributed by atoms with Crippen LogP contribution in [0.15, 0.2) is 42.5 Å². The van der Waals surface area contributed by atoms with Gasteiger partial charge in [0.2, 0.25) is 11.8 Å². The minimum Gasteiger partial charge on any atom is -0.497 e. The van der Waals surface area contributed by atoms with Gasteiger partial charge in [0.15, 0.2) is 0 Å². The molecule has 1 unspecified atom stereocenters. The molecule has 8 heteroatoms. The molecule has 2 fully saturated rings. The normalized spacial score (nSPS) is 18.8. The summed E-state index contributed by atoms with van der Waals surface area (Å²) >= 11 is 0. The highest BCUT2D eigenvalue weighted by atomic mass is 16.5. The van der Waals surface area contributed by atoms with Crippen LogP contribution in [0.3, 0.4) is 0 Å². The summed E-state index contributed by atoms with van der Waals surface area (Å²) < 4.78 is 11.0. The van der Waals surface area contributed by atoms with Crippen molar-refractivity contribution in [2.75, 3.05) is 65.3 Å². The maximum atomic E-state index is 13.2. The number of rotatable bonds is 9. The van der Waals surface area contributed by atoms with E-state index in [1.165, 1.54) is 0 Å². The lowest BCUT2D eigenvalue weighted by Crippen LogP contribution is -2.52. The van der Waals surface area contributed by atoms with Crippen LogP contribution in [0.2, 0.25) is 0 Å². The molecule has 2 aromatic rings. The fourth-order valence-corrected chi connectivity index (χ4v) is 5.24. The van der Waals surface area contributed by atoms with Crippen molar-refractivity contribution >= 4 is 17.5 Å². The lowest BCUT2D eigenvalue weighted by atomic mass is 10.0. The van der Waals surface area contributed by atoms with Crippen LogP contribution in [-0.4, -0.2) is 86.5 Å². The van der Waals surface area contributed by atoms with E-state index in [1.54, 1.807) is 14.2 Å². The molecular weight excluding hydrogens is 456 g/mol. The van der Waals surface area contributed by atoms with E-state index in [-0.39, 0.29) is 17.9 Å². The molecule has 0 radical (unpaired) electrons. The van der Waals surface area contributed by atoms with Gasteiger partial charge in [-0.3, -0.25) is 19.4 Å². The molecule has 2 aliphatic heterocycles. The number of carbonyl (C=O) groups excluding carboxylic acids is 2. The molecule has 36 heavy (non-hydrogen) atoms. The van der Waals surface area contributed by atoms with E-state index in [9.17, 15) is 9.59 Å². The number of ether oxygens (including phenoxy) is 2. The van der Waals surface area contributed by atoms with E-state index in [0.29, 0.717) is 39.3 Å². The van der Waals surface area contributed by atoms with Crippen LogP contribution in [0.4, 0.5) is 5.69 Å². The molecule has 0 bridgehead atoms. The maximum Gasteiger partial charge on any atom is 0.238 e. The lowest BCUT2D eigenvalue weighted by Gasteiger charge is -2.36. The Morgan fingerprint density at radius 3 is 2.47 bits per heavy atom. The van der Waals surface area contributed by atoms with Gasteiger partial charge < -0.3 is 19.7 Å². The molecule has 2 aromatic carbocycles. The third-order valence-electron chi connectivity index (χ3n) is 7.26. The number of methoxy groups -OCH3 is 2. The third kappa shape index (κ3) is 6.17. The number of para-hydroxylation sites is 1. The van der Waals surface area contributed by atoms with E-state index in [4.69, 9.17) is 9.47 Å². The highest BCUT2D eigenvalue weighted by Gasteiger charge is 2.32. The van der Waals surface area contributed by atoms with Gasteiger partial charge in [0.1, 0.15) is 11.5 Å². The van der Waals surface area contributed by atoms with Gasteiger partial charge in [0.05, 0.1) is 27.3 Å². The average molecular weight is 495 g/mol. The third-order valence-corrected chi connectivity index (χ3v) is 7.26. The van der Waals surface area contributed by atoms with Crippen molar-refractivity contribution in [2.24, 2.45) is 0 Å². The second kappa shape index (κ2) is 12.2. The number of likely N-dealkylation sites (tertiary alicyclic amines) is 1. The highest BCUT2D eigenvalue weighted by Crippen LogP contribution is 2.38. The van der Waals surface area contributed by atoms with E-state index >= 15 is 0 Å². The first kappa shape index (κ1) is 26.0. The fourth-order valence-electron chi connectivity index (χ4n) is 5.24. The van der Waals surface area contributed by atoms with Gasteiger partial charge in [-0.05, 0) is 55.6 Å². The van der Waals surface area contributed by atoms with E-state index in [1.807, 2.05) is 47.4 Å². The van der Waals surface area contributed by atoms with Crippen molar-refractivity contribution in [1.82, 2.24) is 14.7 Å². The summed E-state index contributed by atoms with van der Waals surface area (Å²) in [5.74, 6) is 1.75. The van der Waals surface area contributed by atoms with Crippen molar-refractivity contribution < 1.29 is 19.1 Å². The summed E-state index contributed by atoms with van der Waals surface area (Å²) in [7, 11) is 3.34. The predicted octanol–water partition coefficient (Wildman–Crippen LogP) is 3.19. The Labute approximate surface area is 214 Å². The monoisotopic (exact) mass is 494 g/mol. The molecule has 0 saturated carbocycles. The molecule has 194 valence electrons. The minimum atomic E-state index is -0.0113. The molecule has 2 heterocycles. The first-order valence-electron chi connectivity index (χ1n) is 12.9. The molecule has 2 amide bonds. The average Bonchev–Trinajstić information content (AvgIpc) is 3.36. The van der Waals surface area contributed by atoms with Gasteiger partial charge in [-0.15, -0.1) is 0 Å². The summed E-state index contributed by atoms with van der Waals surface area (Å²) in [6.07, 6.45) is 2.91. The SMILES string of the molecule is CCc1ccccc1NC(=O)CN1CCN(C(=O)CN2CCCC2c2cc(OC)ccc2OC)CC1. The molecule has 4 rings (SSSR count). The zero-order valence-corrected chi connectivity index (χ0v) is 21.7. The largest absolute Gasteiger partial charge is 0.497 e. The van der Waals surface area contributed by atoms with Gasteiger partial charge in [0, 0.05) is 43.5 Å². The van der Waals surface area contributed by atoms with Gasteiger partial charge in [-0.25, -0.2) is 0 Å². The van der Waals surface area contributed by atoms with E-state index in [2.05, 4.69) is 22.0 Å². The Balaban J connectivity index is 1.28. The first-order valence-corrected chi connectivity index (χ1v) is 12.9. The maximum absolute atomic E-state index is 13.2. The van der Waals surface area contributed by atoms with Gasteiger partial charge >= 0.3 is 0 Å². The summed E-state index contributed by atoms with van der Waals surface area (Å²) in [6, 6.07) is 13.9. The Hall–Kier alpha value is -3.10. The van der Waals surface area contributed by atoms with Gasteiger partial charge in [-0.1, -0.05) is 25.1 Å². The lowest BCUT2D eigenvalue weighted by molar-refractivity contribution is -0.134. The number of piperazine rings is 1. The number of benzene rings is 2. The minimum absolute atomic E-state index is 0.0113. The quantitative estimate of drug-likeness (QED) is 0.577. The van der Waals surface area contributed by atoms with Crippen molar-refractivity contribution in [3.05, 3.63) is 53.6 Å². The Kier molecular flexibility index (Phi) is 8.83. The second-order valence-corrected chi connectivity index (χ2v) is 9.45. The number of nitrogens with one attached hydrogen (secondary N) is 1. The zero-order valence-electron chi connectivity index (χ0n) is 21.7. The number of hydrogen-bond donors (Lipinski definition) is 1. The number of amides is 2. The van der Waals surface area contributed by atoms with Crippen LogP contribution in [0.1, 0.15) is 36.9 Å². The van der Waals surface area contributed by atoms with Crippen LogP contribution in [0.25, 0.3) is 0 Å². The summed E-state index contributed by atoms with van der Waals surface area (Å²) in [4.78, 5) is 32.1. The zero-order chi connectivity index (χ0) is 25.5. The predicted molar refractivity (Wildman–Crippen MR) is 141 cm³/mol. The summed E-state index contributed by atoms with van der Waals surface area (Å²) in [5.41, 5.74) is 3.09. The van der Waals surface area contributed by atoms with Crippen LogP contribution in [0, 0.1) is 0 Å². The van der Waals surface area contributed by atoms with E-state index in [0.717, 1.165) is 54.1 Å². The number of aryl methyl sites for hydroxylation is 1. The number of carbonyl (C=O) groups is 2. The molecule has 0 aliphatic carbocycles. The Morgan fingerprint density at radius 2 is 1.75 bits per heavy atom. The van der Waals surface area contributed by atoms with Crippen LogP contribution < -0.4 is 14.8 Å². The summed E-state index contributed by atoms with van der Waals surface area (Å²) in [6.45, 7) is 6.36. The number of hydrogen-bond acceptors (Lipinski definition) is 6. The Morgan fingerprint density at radius 1 is 0.972 bits per heavy atom. The molecule has 2 saturated heterocycles. The summed E-state index contributed by atoms with van der Waals surface area (Å²) in [5, 5.41) is 3.04.